The van der Waals surface area contributed by atoms with E-state index in [2.05, 4.69) is 24.5 Å². The molecule has 1 rings (SSSR count). The molecule has 0 fully saturated rings. The third kappa shape index (κ3) is 4.37. The van der Waals surface area contributed by atoms with Gasteiger partial charge in [-0.1, -0.05) is 44.2 Å². The van der Waals surface area contributed by atoms with Crippen LogP contribution in [0.5, 0.6) is 0 Å². The SMILES string of the molecule is CC(C)C(NC(=O)N[C@@H](C)CO)c1ccccc1. The maximum atomic E-state index is 11.8. The molecule has 0 spiro atoms. The predicted molar refractivity (Wildman–Crippen MR) is 72.2 cm³/mol. The van der Waals surface area contributed by atoms with Crippen molar-refractivity contribution >= 4 is 6.03 Å². The summed E-state index contributed by atoms with van der Waals surface area (Å²) in [6.45, 7) is 5.82. The minimum Gasteiger partial charge on any atom is -0.394 e. The van der Waals surface area contributed by atoms with Crippen molar-refractivity contribution in [2.24, 2.45) is 5.92 Å². The molecule has 18 heavy (non-hydrogen) atoms. The molecule has 1 aromatic rings. The van der Waals surface area contributed by atoms with Crippen LogP contribution >= 0.6 is 0 Å². The van der Waals surface area contributed by atoms with Crippen LogP contribution in [0.1, 0.15) is 32.4 Å². The largest absolute Gasteiger partial charge is 0.394 e. The number of rotatable bonds is 5. The summed E-state index contributed by atoms with van der Waals surface area (Å²) in [6.07, 6.45) is 0. The summed E-state index contributed by atoms with van der Waals surface area (Å²) in [5, 5.41) is 14.5. The van der Waals surface area contributed by atoms with Gasteiger partial charge in [-0.25, -0.2) is 4.79 Å². The molecule has 0 bridgehead atoms. The first-order valence-electron chi connectivity index (χ1n) is 6.27. The standard InChI is InChI=1S/C14H22N2O2/c1-10(2)13(12-7-5-4-6-8-12)16-14(18)15-11(3)9-17/h4-8,10-11,13,17H,9H2,1-3H3,(H2,15,16,18)/t11-,13?/m0/s1. The summed E-state index contributed by atoms with van der Waals surface area (Å²) < 4.78 is 0. The summed E-state index contributed by atoms with van der Waals surface area (Å²) in [7, 11) is 0. The van der Waals surface area contributed by atoms with Gasteiger partial charge in [0.05, 0.1) is 18.7 Å². The maximum absolute atomic E-state index is 11.8. The Morgan fingerprint density at radius 1 is 1.17 bits per heavy atom. The normalized spacial score (nSPS) is 14.1. The summed E-state index contributed by atoms with van der Waals surface area (Å²) in [4.78, 5) is 11.8. The summed E-state index contributed by atoms with van der Waals surface area (Å²) in [5.74, 6) is 0.294. The van der Waals surface area contributed by atoms with E-state index in [1.807, 2.05) is 30.3 Å². The summed E-state index contributed by atoms with van der Waals surface area (Å²) in [5.41, 5.74) is 1.08. The highest BCUT2D eigenvalue weighted by Gasteiger charge is 2.18. The second-order valence-corrected chi connectivity index (χ2v) is 4.83. The lowest BCUT2D eigenvalue weighted by Gasteiger charge is -2.24. The van der Waals surface area contributed by atoms with E-state index in [-0.39, 0.29) is 24.7 Å². The molecule has 0 aromatic heterocycles. The predicted octanol–water partition coefficient (Wildman–Crippen LogP) is 2.06. The van der Waals surface area contributed by atoms with E-state index >= 15 is 0 Å². The van der Waals surface area contributed by atoms with Gasteiger partial charge < -0.3 is 15.7 Å². The van der Waals surface area contributed by atoms with Gasteiger partial charge in [0.15, 0.2) is 0 Å². The Kier molecular flexibility index (Phi) is 5.65. The molecule has 1 aromatic carbocycles. The molecule has 2 amide bonds. The third-order valence-electron chi connectivity index (χ3n) is 2.76. The fourth-order valence-electron chi connectivity index (χ4n) is 1.75. The average molecular weight is 250 g/mol. The van der Waals surface area contributed by atoms with E-state index in [9.17, 15) is 4.79 Å². The number of aliphatic hydroxyl groups is 1. The van der Waals surface area contributed by atoms with Crippen LogP contribution in [0.2, 0.25) is 0 Å². The molecule has 2 atom stereocenters. The Bertz CT molecular complexity index is 365. The van der Waals surface area contributed by atoms with Crippen LogP contribution in [0.3, 0.4) is 0 Å². The molecule has 0 radical (unpaired) electrons. The molecule has 4 heteroatoms. The van der Waals surface area contributed by atoms with Gasteiger partial charge in [-0.2, -0.15) is 0 Å². The molecule has 0 saturated carbocycles. The van der Waals surface area contributed by atoms with Gasteiger partial charge in [-0.3, -0.25) is 0 Å². The smallest absolute Gasteiger partial charge is 0.315 e. The lowest BCUT2D eigenvalue weighted by atomic mass is 9.96. The number of carbonyl (C=O) groups excluding carboxylic acids is 1. The number of hydrogen-bond acceptors (Lipinski definition) is 2. The molecule has 0 saturated heterocycles. The lowest BCUT2D eigenvalue weighted by Crippen LogP contribution is -2.44. The molecule has 0 aliphatic carbocycles. The maximum Gasteiger partial charge on any atom is 0.315 e. The first-order chi connectivity index (χ1) is 8.54. The fraction of sp³-hybridized carbons (Fsp3) is 0.500. The van der Waals surface area contributed by atoms with Crippen molar-refractivity contribution < 1.29 is 9.90 Å². The first-order valence-corrected chi connectivity index (χ1v) is 6.27. The van der Waals surface area contributed by atoms with E-state index in [4.69, 9.17) is 5.11 Å². The van der Waals surface area contributed by atoms with Crippen molar-refractivity contribution in [2.75, 3.05) is 6.61 Å². The second-order valence-electron chi connectivity index (χ2n) is 4.83. The molecule has 100 valence electrons. The van der Waals surface area contributed by atoms with Crippen LogP contribution in [0.25, 0.3) is 0 Å². The van der Waals surface area contributed by atoms with E-state index in [1.165, 1.54) is 0 Å². The topological polar surface area (TPSA) is 61.4 Å². The highest BCUT2D eigenvalue weighted by Crippen LogP contribution is 2.20. The Balaban J connectivity index is 2.67. The average Bonchev–Trinajstić information content (AvgIpc) is 2.36. The Morgan fingerprint density at radius 2 is 1.78 bits per heavy atom. The third-order valence-corrected chi connectivity index (χ3v) is 2.76. The highest BCUT2D eigenvalue weighted by molar-refractivity contribution is 5.74. The van der Waals surface area contributed by atoms with Crippen molar-refractivity contribution in [3.63, 3.8) is 0 Å². The molecule has 0 heterocycles. The van der Waals surface area contributed by atoms with Gasteiger partial charge in [0.25, 0.3) is 0 Å². The molecular formula is C14H22N2O2. The van der Waals surface area contributed by atoms with E-state index in [1.54, 1.807) is 6.92 Å². The Labute approximate surface area is 108 Å². The monoisotopic (exact) mass is 250 g/mol. The zero-order valence-corrected chi connectivity index (χ0v) is 11.2. The molecule has 1 unspecified atom stereocenters. The van der Waals surface area contributed by atoms with E-state index in [0.29, 0.717) is 5.92 Å². The van der Waals surface area contributed by atoms with Gasteiger partial charge in [0.2, 0.25) is 0 Å². The van der Waals surface area contributed by atoms with Gasteiger partial charge >= 0.3 is 6.03 Å². The Hall–Kier alpha value is -1.55. The number of nitrogens with one attached hydrogen (secondary N) is 2. The minimum atomic E-state index is -0.251. The van der Waals surface area contributed by atoms with Gasteiger partial charge in [0.1, 0.15) is 0 Å². The summed E-state index contributed by atoms with van der Waals surface area (Å²) >= 11 is 0. The number of urea groups is 1. The van der Waals surface area contributed by atoms with E-state index < -0.39 is 0 Å². The molecular weight excluding hydrogens is 228 g/mol. The fourth-order valence-corrected chi connectivity index (χ4v) is 1.75. The van der Waals surface area contributed by atoms with Crippen LogP contribution in [-0.2, 0) is 0 Å². The van der Waals surface area contributed by atoms with Crippen molar-refractivity contribution in [1.82, 2.24) is 10.6 Å². The summed E-state index contributed by atoms with van der Waals surface area (Å²) in [6, 6.07) is 9.35. The first kappa shape index (κ1) is 14.5. The van der Waals surface area contributed by atoms with Gasteiger partial charge in [-0.05, 0) is 18.4 Å². The zero-order valence-electron chi connectivity index (χ0n) is 11.2. The Morgan fingerprint density at radius 3 is 2.28 bits per heavy atom. The van der Waals surface area contributed by atoms with Gasteiger partial charge in [0, 0.05) is 0 Å². The van der Waals surface area contributed by atoms with Crippen LogP contribution in [-0.4, -0.2) is 23.8 Å². The minimum absolute atomic E-state index is 0.0305. The molecule has 0 aliphatic rings. The quantitative estimate of drug-likeness (QED) is 0.749. The van der Waals surface area contributed by atoms with Crippen molar-refractivity contribution in [3.05, 3.63) is 35.9 Å². The number of benzene rings is 1. The molecule has 0 aliphatic heterocycles. The number of amides is 2. The van der Waals surface area contributed by atoms with Crippen LogP contribution in [0, 0.1) is 5.92 Å². The number of aliphatic hydroxyl groups excluding tert-OH is 1. The molecule has 3 N–H and O–H groups in total. The van der Waals surface area contributed by atoms with Crippen molar-refractivity contribution in [3.8, 4) is 0 Å². The van der Waals surface area contributed by atoms with E-state index in [0.717, 1.165) is 5.56 Å². The van der Waals surface area contributed by atoms with Crippen LogP contribution in [0.15, 0.2) is 30.3 Å². The molecule has 4 nitrogen and oxygen atoms in total. The van der Waals surface area contributed by atoms with Crippen molar-refractivity contribution in [2.45, 2.75) is 32.9 Å². The van der Waals surface area contributed by atoms with Crippen LogP contribution in [0.4, 0.5) is 4.79 Å². The van der Waals surface area contributed by atoms with Crippen LogP contribution < -0.4 is 10.6 Å². The van der Waals surface area contributed by atoms with Crippen molar-refractivity contribution in [1.29, 1.82) is 0 Å². The lowest BCUT2D eigenvalue weighted by molar-refractivity contribution is 0.214. The van der Waals surface area contributed by atoms with Gasteiger partial charge in [-0.15, -0.1) is 0 Å². The second kappa shape index (κ2) is 7.01. The number of carbonyl (C=O) groups is 1. The number of hydrogen-bond donors (Lipinski definition) is 3. The highest BCUT2D eigenvalue weighted by atomic mass is 16.3. The zero-order chi connectivity index (χ0) is 13.5.